The number of carbonyl (C=O) groups excluding carboxylic acids is 1. The Balaban J connectivity index is 4.08. The highest BCUT2D eigenvalue weighted by Crippen LogP contribution is 2.01. The molecule has 1 N–H and O–H groups in total. The minimum atomic E-state index is -0.183. The van der Waals surface area contributed by atoms with Crippen LogP contribution in [0.3, 0.4) is 0 Å². The van der Waals surface area contributed by atoms with Crippen molar-refractivity contribution in [3.8, 4) is 0 Å². The van der Waals surface area contributed by atoms with Gasteiger partial charge in [-0.3, -0.25) is 4.79 Å². The first-order valence-corrected chi connectivity index (χ1v) is 8.38. The van der Waals surface area contributed by atoms with Crippen molar-refractivity contribution in [1.82, 2.24) is 15.1 Å². The minimum absolute atomic E-state index is 0.156. The van der Waals surface area contributed by atoms with E-state index in [1.807, 2.05) is 6.92 Å². The first-order valence-electron chi connectivity index (χ1n) is 8.38. The normalized spacial score (nSPS) is 12.9. The van der Waals surface area contributed by atoms with Crippen molar-refractivity contribution in [3.63, 3.8) is 0 Å². The van der Waals surface area contributed by atoms with Gasteiger partial charge in [-0.15, -0.1) is 0 Å². The van der Waals surface area contributed by atoms with Crippen LogP contribution in [0.4, 0.5) is 0 Å². The summed E-state index contributed by atoms with van der Waals surface area (Å²) in [6.45, 7) is 15.8. The van der Waals surface area contributed by atoms with Crippen molar-refractivity contribution in [2.24, 2.45) is 0 Å². The summed E-state index contributed by atoms with van der Waals surface area (Å²) in [5, 5.41) is 3.20. The Bertz CT molecular complexity index is 258. The molecule has 0 aromatic heterocycles. The molecule has 0 aliphatic heterocycles. The molecule has 126 valence electrons. The van der Waals surface area contributed by atoms with Crippen LogP contribution in [-0.2, 0) is 9.53 Å². The van der Waals surface area contributed by atoms with E-state index in [0.29, 0.717) is 0 Å². The molecular formula is C16H35N3O2. The maximum Gasteiger partial charge on any atom is 0.322 e. The molecule has 0 amide bonds. The molecule has 0 aliphatic carbocycles. The Hall–Kier alpha value is -0.650. The average molecular weight is 301 g/mol. The molecule has 0 bridgehead atoms. The van der Waals surface area contributed by atoms with Crippen molar-refractivity contribution in [3.05, 3.63) is 0 Å². The molecular weight excluding hydrogens is 266 g/mol. The molecule has 0 radical (unpaired) electrons. The summed E-state index contributed by atoms with van der Waals surface area (Å²) in [7, 11) is 1.45. The molecule has 0 saturated heterocycles. The molecule has 21 heavy (non-hydrogen) atoms. The van der Waals surface area contributed by atoms with E-state index >= 15 is 0 Å². The predicted molar refractivity (Wildman–Crippen MR) is 88.6 cm³/mol. The number of nitrogens with zero attached hydrogens (tertiary/aromatic N) is 2. The second kappa shape index (κ2) is 13.0. The molecule has 0 aromatic rings. The first kappa shape index (κ1) is 20.3. The molecule has 5 nitrogen and oxygen atoms in total. The molecule has 0 fully saturated rings. The number of carbonyl (C=O) groups is 1. The maximum absolute atomic E-state index is 11.7. The van der Waals surface area contributed by atoms with Crippen molar-refractivity contribution < 1.29 is 9.53 Å². The van der Waals surface area contributed by atoms with E-state index in [1.54, 1.807) is 0 Å². The van der Waals surface area contributed by atoms with E-state index in [4.69, 9.17) is 4.74 Å². The van der Waals surface area contributed by atoms with E-state index in [0.717, 1.165) is 52.2 Å². The van der Waals surface area contributed by atoms with E-state index < -0.39 is 0 Å². The van der Waals surface area contributed by atoms with Crippen molar-refractivity contribution in [2.75, 3.05) is 52.9 Å². The molecule has 0 saturated carbocycles. The Kier molecular flexibility index (Phi) is 12.6. The first-order chi connectivity index (χ1) is 10.1. The third kappa shape index (κ3) is 9.06. The van der Waals surface area contributed by atoms with Crippen LogP contribution in [0.15, 0.2) is 0 Å². The van der Waals surface area contributed by atoms with Gasteiger partial charge >= 0.3 is 5.97 Å². The summed E-state index contributed by atoms with van der Waals surface area (Å²) in [4.78, 5) is 16.5. The number of nitrogens with one attached hydrogen (secondary N) is 1. The lowest BCUT2D eigenvalue weighted by molar-refractivity contribution is -0.143. The smallest absolute Gasteiger partial charge is 0.322 e. The summed E-state index contributed by atoms with van der Waals surface area (Å²) >= 11 is 0. The quantitative estimate of drug-likeness (QED) is 0.523. The highest BCUT2D eigenvalue weighted by atomic mass is 16.5. The second-order valence-corrected chi connectivity index (χ2v) is 5.24. The molecule has 0 spiro atoms. The SMILES string of the molecule is CCNC(CCN(CC)CCCN(CC)CC)C(=O)OC. The molecule has 5 heteroatoms. The lowest BCUT2D eigenvalue weighted by Gasteiger charge is -2.25. The van der Waals surface area contributed by atoms with Gasteiger partial charge < -0.3 is 19.9 Å². The van der Waals surface area contributed by atoms with Crippen LogP contribution in [-0.4, -0.2) is 74.7 Å². The number of likely N-dealkylation sites (N-methyl/N-ethyl adjacent to an activating group) is 1. The Morgan fingerprint density at radius 3 is 2.05 bits per heavy atom. The number of rotatable bonds is 13. The van der Waals surface area contributed by atoms with Crippen molar-refractivity contribution in [1.29, 1.82) is 0 Å². The number of hydrogen-bond donors (Lipinski definition) is 1. The third-order valence-electron chi connectivity index (χ3n) is 3.96. The molecule has 0 aliphatic rings. The lowest BCUT2D eigenvalue weighted by Crippen LogP contribution is -2.41. The van der Waals surface area contributed by atoms with E-state index in [1.165, 1.54) is 13.5 Å². The van der Waals surface area contributed by atoms with E-state index in [2.05, 4.69) is 35.9 Å². The zero-order valence-corrected chi connectivity index (χ0v) is 14.7. The van der Waals surface area contributed by atoms with E-state index in [9.17, 15) is 4.79 Å². The fraction of sp³-hybridized carbons (Fsp3) is 0.938. The molecule has 0 rings (SSSR count). The zero-order valence-electron chi connectivity index (χ0n) is 14.7. The van der Waals surface area contributed by atoms with Gasteiger partial charge in [0.15, 0.2) is 0 Å². The van der Waals surface area contributed by atoms with Crippen LogP contribution in [0.2, 0.25) is 0 Å². The van der Waals surface area contributed by atoms with E-state index in [-0.39, 0.29) is 12.0 Å². The zero-order chi connectivity index (χ0) is 16.1. The monoisotopic (exact) mass is 301 g/mol. The number of ether oxygens (including phenoxy) is 1. The van der Waals surface area contributed by atoms with Gasteiger partial charge in [-0.05, 0) is 52.1 Å². The minimum Gasteiger partial charge on any atom is -0.468 e. The summed E-state index contributed by atoms with van der Waals surface area (Å²) in [6.07, 6.45) is 1.99. The van der Waals surface area contributed by atoms with Gasteiger partial charge in [0, 0.05) is 6.54 Å². The predicted octanol–water partition coefficient (Wildman–Crippen LogP) is 1.58. The van der Waals surface area contributed by atoms with Crippen molar-refractivity contribution in [2.45, 2.75) is 46.6 Å². The lowest BCUT2D eigenvalue weighted by atomic mass is 10.2. The van der Waals surface area contributed by atoms with Crippen LogP contribution in [0.1, 0.15) is 40.5 Å². The Morgan fingerprint density at radius 1 is 1.00 bits per heavy atom. The fourth-order valence-electron chi connectivity index (χ4n) is 2.49. The summed E-state index contributed by atoms with van der Waals surface area (Å²) in [5.74, 6) is -0.156. The van der Waals surface area contributed by atoms with Gasteiger partial charge in [-0.2, -0.15) is 0 Å². The second-order valence-electron chi connectivity index (χ2n) is 5.24. The maximum atomic E-state index is 11.7. The molecule has 1 atom stereocenters. The average Bonchev–Trinajstić information content (AvgIpc) is 2.52. The van der Waals surface area contributed by atoms with Gasteiger partial charge in [-0.1, -0.05) is 27.7 Å². The van der Waals surface area contributed by atoms with Crippen LogP contribution < -0.4 is 5.32 Å². The van der Waals surface area contributed by atoms with Crippen LogP contribution >= 0.6 is 0 Å². The van der Waals surface area contributed by atoms with Crippen LogP contribution in [0.25, 0.3) is 0 Å². The van der Waals surface area contributed by atoms with Crippen LogP contribution in [0.5, 0.6) is 0 Å². The number of methoxy groups -OCH3 is 1. The summed E-state index contributed by atoms with van der Waals surface area (Å²) in [5.41, 5.74) is 0. The largest absolute Gasteiger partial charge is 0.468 e. The van der Waals surface area contributed by atoms with Crippen LogP contribution in [0, 0.1) is 0 Å². The molecule has 1 unspecified atom stereocenters. The third-order valence-corrected chi connectivity index (χ3v) is 3.96. The van der Waals surface area contributed by atoms with Gasteiger partial charge in [0.05, 0.1) is 7.11 Å². The van der Waals surface area contributed by atoms with Gasteiger partial charge in [0.2, 0.25) is 0 Å². The van der Waals surface area contributed by atoms with Gasteiger partial charge in [-0.25, -0.2) is 0 Å². The Labute approximate surface area is 131 Å². The summed E-state index contributed by atoms with van der Waals surface area (Å²) in [6, 6.07) is -0.183. The van der Waals surface area contributed by atoms with Crippen molar-refractivity contribution >= 4 is 5.97 Å². The number of esters is 1. The Morgan fingerprint density at radius 2 is 1.57 bits per heavy atom. The van der Waals surface area contributed by atoms with Gasteiger partial charge in [0.1, 0.15) is 6.04 Å². The topological polar surface area (TPSA) is 44.8 Å². The molecule has 0 aromatic carbocycles. The highest BCUT2D eigenvalue weighted by Gasteiger charge is 2.18. The fourth-order valence-corrected chi connectivity index (χ4v) is 2.49. The molecule has 0 heterocycles. The summed E-state index contributed by atoms with van der Waals surface area (Å²) < 4.78 is 4.85. The highest BCUT2D eigenvalue weighted by molar-refractivity contribution is 5.75. The van der Waals surface area contributed by atoms with Gasteiger partial charge in [0.25, 0.3) is 0 Å². The number of hydrogen-bond acceptors (Lipinski definition) is 5. The standard InChI is InChI=1S/C16H35N3O2/c1-6-17-15(16(20)21-5)11-14-19(9-4)13-10-12-18(7-2)8-3/h15,17H,6-14H2,1-5H3.